The molecule has 0 aliphatic carbocycles. The Labute approximate surface area is 512 Å². The molecule has 0 aromatic carbocycles. The van der Waals surface area contributed by atoms with Gasteiger partial charge in [0.05, 0.1) is 0 Å². The highest BCUT2D eigenvalue weighted by molar-refractivity contribution is 5.71. The van der Waals surface area contributed by atoms with Crippen molar-refractivity contribution in [3.63, 3.8) is 0 Å². The van der Waals surface area contributed by atoms with Gasteiger partial charge < -0.3 is 14.2 Å². The standard InChI is InChI=1S/C77H126O6/c1-4-7-10-13-16-19-22-25-27-29-31-32-33-34-35-36-37-38-39-40-41-42-43-44-45-46-47-49-50-52-55-58-61-64-67-70-76(79)82-73-74(72-81-75(78)69-66-63-60-57-54-24-21-18-15-12-9-6-3)83-77(80)71-68-65-62-59-56-53-51-48-30-28-26-23-20-17-14-11-8-5-2/h7,10,16,19-20,23,25,27-28,30-32,34-35,37-38,40-41,43-44,46-47,50,52,74H,4-6,8-9,11-15,17-18,21-22,24,26,29,33,36,39,42,45,48-49,51,53-73H2,1-3H3/b10-7-,19-16-,23-20-,27-25-,30-28-,32-31-,35-34-,38-37-,41-40-,44-43-,47-46-,52-50-. The third-order valence-corrected chi connectivity index (χ3v) is 14.3. The first kappa shape index (κ1) is 78.3. The van der Waals surface area contributed by atoms with E-state index in [0.717, 1.165) is 148 Å². The van der Waals surface area contributed by atoms with Crippen LogP contribution in [0.1, 0.15) is 303 Å². The number of carbonyl (C=O) groups is 3. The van der Waals surface area contributed by atoms with Crippen LogP contribution in [-0.2, 0) is 28.6 Å². The summed E-state index contributed by atoms with van der Waals surface area (Å²) in [6, 6.07) is 0. The van der Waals surface area contributed by atoms with Crippen LogP contribution < -0.4 is 0 Å². The normalized spacial score (nSPS) is 13.0. The molecule has 0 aliphatic heterocycles. The highest BCUT2D eigenvalue weighted by atomic mass is 16.6. The number of unbranched alkanes of at least 4 members (excludes halogenated alkanes) is 26. The number of ether oxygens (including phenoxy) is 3. The molecule has 0 aromatic rings. The van der Waals surface area contributed by atoms with Crippen LogP contribution in [0.25, 0.3) is 0 Å². The van der Waals surface area contributed by atoms with Crippen molar-refractivity contribution in [3.8, 4) is 0 Å². The zero-order valence-electron chi connectivity index (χ0n) is 53.9. The highest BCUT2D eigenvalue weighted by Gasteiger charge is 2.19. The van der Waals surface area contributed by atoms with Crippen molar-refractivity contribution in [1.82, 2.24) is 0 Å². The summed E-state index contributed by atoms with van der Waals surface area (Å²) >= 11 is 0. The van der Waals surface area contributed by atoms with Crippen LogP contribution in [-0.4, -0.2) is 37.2 Å². The summed E-state index contributed by atoms with van der Waals surface area (Å²) in [5.74, 6) is -0.921. The maximum atomic E-state index is 12.9. The molecule has 6 nitrogen and oxygen atoms in total. The molecule has 0 saturated carbocycles. The van der Waals surface area contributed by atoms with E-state index in [9.17, 15) is 14.4 Å². The number of esters is 3. The first-order valence-electron chi connectivity index (χ1n) is 34.3. The van der Waals surface area contributed by atoms with Gasteiger partial charge >= 0.3 is 17.9 Å². The highest BCUT2D eigenvalue weighted by Crippen LogP contribution is 2.15. The minimum Gasteiger partial charge on any atom is -0.462 e. The molecule has 83 heavy (non-hydrogen) atoms. The van der Waals surface area contributed by atoms with Crippen LogP contribution in [0.15, 0.2) is 146 Å². The van der Waals surface area contributed by atoms with E-state index in [0.29, 0.717) is 19.3 Å². The summed E-state index contributed by atoms with van der Waals surface area (Å²) in [5, 5.41) is 0. The van der Waals surface area contributed by atoms with Gasteiger partial charge in [-0.3, -0.25) is 14.4 Å². The van der Waals surface area contributed by atoms with E-state index in [1.807, 2.05) is 0 Å². The van der Waals surface area contributed by atoms with Gasteiger partial charge in [0.2, 0.25) is 0 Å². The summed E-state index contributed by atoms with van der Waals surface area (Å²) in [7, 11) is 0. The lowest BCUT2D eigenvalue weighted by Crippen LogP contribution is -2.30. The first-order chi connectivity index (χ1) is 41.0. The topological polar surface area (TPSA) is 78.9 Å². The van der Waals surface area contributed by atoms with Gasteiger partial charge in [0.15, 0.2) is 6.10 Å². The smallest absolute Gasteiger partial charge is 0.306 e. The Morgan fingerprint density at radius 3 is 0.747 bits per heavy atom. The molecule has 0 fully saturated rings. The molecule has 0 aliphatic rings. The number of carbonyl (C=O) groups excluding carboxylic acids is 3. The van der Waals surface area contributed by atoms with Crippen molar-refractivity contribution in [2.24, 2.45) is 0 Å². The SMILES string of the molecule is CC/C=C\C/C=C\C/C=C\C/C=C\C/C=C\C/C=C\C/C=C\C/C=C\C/C=C\C/C=C\CCCCCCC(=O)OCC(COC(=O)CCCCCCCCCCCCCC)OC(=O)CCCCCCCCC/C=C\C/C=C\CCCCCC. The predicted molar refractivity (Wildman–Crippen MR) is 362 cm³/mol. The quantitative estimate of drug-likeness (QED) is 0.0261. The Bertz CT molecular complexity index is 1800. The molecular formula is C77H126O6. The molecule has 1 unspecified atom stereocenters. The molecule has 0 saturated heterocycles. The number of hydrogen-bond donors (Lipinski definition) is 0. The molecule has 0 radical (unpaired) electrons. The van der Waals surface area contributed by atoms with E-state index in [-0.39, 0.29) is 31.1 Å². The summed E-state index contributed by atoms with van der Waals surface area (Å²) in [6.07, 6.45) is 100. The zero-order valence-corrected chi connectivity index (χ0v) is 53.9. The Morgan fingerprint density at radius 2 is 0.470 bits per heavy atom. The summed E-state index contributed by atoms with van der Waals surface area (Å²) in [6.45, 7) is 6.49. The minimum atomic E-state index is -0.797. The average Bonchev–Trinajstić information content (AvgIpc) is 3.49. The maximum absolute atomic E-state index is 12.9. The number of rotatable bonds is 61. The molecular weight excluding hydrogens is 1020 g/mol. The number of allylic oxidation sites excluding steroid dienone is 24. The molecule has 0 amide bonds. The van der Waals surface area contributed by atoms with Gasteiger partial charge in [0.1, 0.15) is 13.2 Å². The maximum Gasteiger partial charge on any atom is 0.306 e. The second-order valence-electron chi connectivity index (χ2n) is 22.4. The third-order valence-electron chi connectivity index (χ3n) is 14.3. The Balaban J connectivity index is 4.33. The van der Waals surface area contributed by atoms with Gasteiger partial charge in [-0.15, -0.1) is 0 Å². The van der Waals surface area contributed by atoms with Crippen LogP contribution in [0.5, 0.6) is 0 Å². The van der Waals surface area contributed by atoms with Crippen molar-refractivity contribution in [2.75, 3.05) is 13.2 Å². The van der Waals surface area contributed by atoms with Crippen LogP contribution in [0.3, 0.4) is 0 Å². The molecule has 470 valence electrons. The molecule has 0 spiro atoms. The fraction of sp³-hybridized carbons (Fsp3) is 0.649. The van der Waals surface area contributed by atoms with E-state index in [2.05, 4.69) is 167 Å². The van der Waals surface area contributed by atoms with Crippen molar-refractivity contribution in [2.45, 2.75) is 309 Å². The lowest BCUT2D eigenvalue weighted by atomic mass is 10.0. The van der Waals surface area contributed by atoms with E-state index >= 15 is 0 Å². The van der Waals surface area contributed by atoms with Crippen molar-refractivity contribution < 1.29 is 28.6 Å². The molecule has 0 aromatic heterocycles. The molecule has 0 rings (SSSR count). The van der Waals surface area contributed by atoms with Crippen molar-refractivity contribution in [3.05, 3.63) is 146 Å². The van der Waals surface area contributed by atoms with Crippen LogP contribution in [0.2, 0.25) is 0 Å². The fourth-order valence-electron chi connectivity index (χ4n) is 9.21. The van der Waals surface area contributed by atoms with Crippen LogP contribution in [0, 0.1) is 0 Å². The van der Waals surface area contributed by atoms with E-state index in [1.54, 1.807) is 0 Å². The lowest BCUT2D eigenvalue weighted by Gasteiger charge is -2.18. The summed E-state index contributed by atoms with van der Waals surface area (Å²) < 4.78 is 16.9. The molecule has 0 heterocycles. The Morgan fingerprint density at radius 1 is 0.253 bits per heavy atom. The van der Waals surface area contributed by atoms with Gasteiger partial charge in [-0.1, -0.05) is 301 Å². The fourth-order valence-corrected chi connectivity index (χ4v) is 9.21. The second-order valence-corrected chi connectivity index (χ2v) is 22.4. The molecule has 0 N–H and O–H groups in total. The third kappa shape index (κ3) is 68.0. The second kappa shape index (κ2) is 69.8. The molecule has 0 bridgehead atoms. The summed E-state index contributed by atoms with van der Waals surface area (Å²) in [4.78, 5) is 38.3. The van der Waals surface area contributed by atoms with Crippen molar-refractivity contribution >= 4 is 17.9 Å². The van der Waals surface area contributed by atoms with Gasteiger partial charge in [0.25, 0.3) is 0 Å². The largest absolute Gasteiger partial charge is 0.462 e. The predicted octanol–water partition coefficient (Wildman–Crippen LogP) is 23.9. The Kier molecular flexibility index (Phi) is 65.8. The Hall–Kier alpha value is -4.71. The lowest BCUT2D eigenvalue weighted by molar-refractivity contribution is -0.167. The molecule has 1 atom stereocenters. The van der Waals surface area contributed by atoms with E-state index in [1.165, 1.54) is 116 Å². The van der Waals surface area contributed by atoms with Gasteiger partial charge in [-0.2, -0.15) is 0 Å². The molecule has 6 heteroatoms. The van der Waals surface area contributed by atoms with Gasteiger partial charge in [-0.25, -0.2) is 0 Å². The average molecular weight is 1150 g/mol. The minimum absolute atomic E-state index is 0.0907. The van der Waals surface area contributed by atoms with Crippen LogP contribution >= 0.6 is 0 Å². The van der Waals surface area contributed by atoms with Gasteiger partial charge in [0, 0.05) is 19.3 Å². The first-order valence-corrected chi connectivity index (χ1v) is 34.3. The zero-order chi connectivity index (χ0) is 59.9. The monoisotopic (exact) mass is 1150 g/mol. The van der Waals surface area contributed by atoms with Gasteiger partial charge in [-0.05, 0) is 128 Å². The van der Waals surface area contributed by atoms with E-state index < -0.39 is 6.10 Å². The van der Waals surface area contributed by atoms with Crippen LogP contribution in [0.4, 0.5) is 0 Å². The number of hydrogen-bond acceptors (Lipinski definition) is 6. The van der Waals surface area contributed by atoms with E-state index in [4.69, 9.17) is 14.2 Å². The van der Waals surface area contributed by atoms with Crippen molar-refractivity contribution in [1.29, 1.82) is 0 Å². The summed E-state index contributed by atoms with van der Waals surface area (Å²) in [5.41, 5.74) is 0.